The van der Waals surface area contributed by atoms with Crippen molar-refractivity contribution in [1.29, 1.82) is 0 Å². The van der Waals surface area contributed by atoms with Gasteiger partial charge in [-0.3, -0.25) is 4.79 Å². The average molecular weight is 294 g/mol. The predicted octanol–water partition coefficient (Wildman–Crippen LogP) is 2.49. The van der Waals surface area contributed by atoms with Crippen molar-refractivity contribution in [3.63, 3.8) is 0 Å². The monoisotopic (exact) mass is 294 g/mol. The summed E-state index contributed by atoms with van der Waals surface area (Å²) >= 11 is 0. The molecule has 1 aliphatic heterocycles. The summed E-state index contributed by atoms with van der Waals surface area (Å²) in [6.45, 7) is 4.09. The summed E-state index contributed by atoms with van der Waals surface area (Å²) in [5.74, 6) is -0.173. The zero-order valence-corrected chi connectivity index (χ0v) is 12.4. The van der Waals surface area contributed by atoms with E-state index >= 15 is 0 Å². The first-order valence-electron chi connectivity index (χ1n) is 7.59. The van der Waals surface area contributed by atoms with Crippen molar-refractivity contribution in [3.05, 3.63) is 29.6 Å². The standard InChI is InChI=1S/C16H23FN2O2/c1-2-8-18-15-13(4-3-5-14(15)17)16(21)19-9-6-12(11-19)7-10-20/h3-5,12,18,20H,2,6-11H2,1H3. The maximum atomic E-state index is 14.0. The maximum Gasteiger partial charge on any atom is 0.256 e. The number of benzene rings is 1. The lowest BCUT2D eigenvalue weighted by Crippen LogP contribution is -2.29. The molecule has 116 valence electrons. The first-order chi connectivity index (χ1) is 10.2. The minimum atomic E-state index is -0.389. The number of aliphatic hydroxyl groups is 1. The van der Waals surface area contributed by atoms with Gasteiger partial charge in [0.2, 0.25) is 0 Å². The molecule has 0 aromatic heterocycles. The van der Waals surface area contributed by atoms with Gasteiger partial charge in [-0.2, -0.15) is 0 Å². The van der Waals surface area contributed by atoms with Gasteiger partial charge in [0.25, 0.3) is 5.91 Å². The summed E-state index contributed by atoms with van der Waals surface area (Å²) in [7, 11) is 0. The topological polar surface area (TPSA) is 52.6 Å². The molecule has 0 saturated carbocycles. The van der Waals surface area contributed by atoms with Gasteiger partial charge in [0.05, 0.1) is 11.3 Å². The molecule has 2 rings (SSSR count). The van der Waals surface area contributed by atoms with Crippen LogP contribution >= 0.6 is 0 Å². The number of carbonyl (C=O) groups is 1. The third-order valence-electron chi connectivity index (χ3n) is 3.91. The van der Waals surface area contributed by atoms with Crippen molar-refractivity contribution >= 4 is 11.6 Å². The van der Waals surface area contributed by atoms with Crippen LogP contribution in [0.3, 0.4) is 0 Å². The molecule has 1 atom stereocenters. The number of hydrogen-bond donors (Lipinski definition) is 2. The quantitative estimate of drug-likeness (QED) is 0.847. The van der Waals surface area contributed by atoms with E-state index in [1.54, 1.807) is 17.0 Å². The molecule has 1 aromatic rings. The molecule has 1 unspecified atom stereocenters. The molecule has 1 saturated heterocycles. The minimum absolute atomic E-state index is 0.131. The van der Waals surface area contributed by atoms with Gasteiger partial charge in [-0.1, -0.05) is 13.0 Å². The Hall–Kier alpha value is -1.62. The van der Waals surface area contributed by atoms with Crippen LogP contribution in [0.2, 0.25) is 0 Å². The molecular weight excluding hydrogens is 271 g/mol. The highest BCUT2D eigenvalue weighted by Gasteiger charge is 2.28. The second-order valence-corrected chi connectivity index (χ2v) is 5.51. The third kappa shape index (κ3) is 3.73. The van der Waals surface area contributed by atoms with E-state index in [1.165, 1.54) is 6.07 Å². The summed E-state index contributed by atoms with van der Waals surface area (Å²) in [6, 6.07) is 4.61. The second kappa shape index (κ2) is 7.41. The molecule has 21 heavy (non-hydrogen) atoms. The highest BCUT2D eigenvalue weighted by molar-refractivity contribution is 5.99. The van der Waals surface area contributed by atoms with Crippen molar-refractivity contribution in [2.24, 2.45) is 5.92 Å². The zero-order valence-electron chi connectivity index (χ0n) is 12.4. The summed E-state index contributed by atoms with van der Waals surface area (Å²) in [5.41, 5.74) is 0.697. The first-order valence-corrected chi connectivity index (χ1v) is 7.59. The Morgan fingerprint density at radius 2 is 2.33 bits per heavy atom. The van der Waals surface area contributed by atoms with Gasteiger partial charge in [0.15, 0.2) is 0 Å². The van der Waals surface area contributed by atoms with E-state index in [2.05, 4.69) is 5.32 Å². The largest absolute Gasteiger partial charge is 0.396 e. The van der Waals surface area contributed by atoms with Gasteiger partial charge < -0.3 is 15.3 Å². The van der Waals surface area contributed by atoms with Crippen LogP contribution in [-0.4, -0.2) is 42.2 Å². The van der Waals surface area contributed by atoms with E-state index in [0.29, 0.717) is 43.2 Å². The molecule has 1 aromatic carbocycles. The zero-order chi connectivity index (χ0) is 15.2. The van der Waals surface area contributed by atoms with Crippen LogP contribution in [0.1, 0.15) is 36.5 Å². The molecule has 1 fully saturated rings. The van der Waals surface area contributed by atoms with Crippen LogP contribution < -0.4 is 5.32 Å². The fourth-order valence-corrected chi connectivity index (χ4v) is 2.74. The smallest absolute Gasteiger partial charge is 0.256 e. The number of anilines is 1. The number of halogens is 1. The SMILES string of the molecule is CCCNc1c(F)cccc1C(=O)N1CCC(CCO)C1. The molecule has 0 bridgehead atoms. The van der Waals surface area contributed by atoms with E-state index < -0.39 is 0 Å². The summed E-state index contributed by atoms with van der Waals surface area (Å²) in [5, 5.41) is 12.0. The Balaban J connectivity index is 2.14. The van der Waals surface area contributed by atoms with E-state index in [4.69, 9.17) is 5.11 Å². The number of aliphatic hydroxyl groups excluding tert-OH is 1. The van der Waals surface area contributed by atoms with Gasteiger partial charge in [0, 0.05) is 26.2 Å². The molecule has 0 radical (unpaired) electrons. The van der Waals surface area contributed by atoms with Crippen LogP contribution in [0.25, 0.3) is 0 Å². The Kier molecular flexibility index (Phi) is 5.56. The summed E-state index contributed by atoms with van der Waals surface area (Å²) in [4.78, 5) is 14.3. The number of likely N-dealkylation sites (tertiary alicyclic amines) is 1. The lowest BCUT2D eigenvalue weighted by Gasteiger charge is -2.19. The number of para-hydroxylation sites is 1. The van der Waals surface area contributed by atoms with Gasteiger partial charge in [-0.25, -0.2) is 4.39 Å². The normalized spacial score (nSPS) is 18.0. The van der Waals surface area contributed by atoms with Crippen molar-refractivity contribution < 1.29 is 14.3 Å². The van der Waals surface area contributed by atoms with Gasteiger partial charge in [0.1, 0.15) is 5.82 Å². The lowest BCUT2D eigenvalue weighted by atomic mass is 10.1. The van der Waals surface area contributed by atoms with E-state index in [9.17, 15) is 9.18 Å². The molecule has 1 amide bonds. The molecule has 0 aliphatic carbocycles. The highest BCUT2D eigenvalue weighted by atomic mass is 19.1. The number of nitrogens with zero attached hydrogens (tertiary/aromatic N) is 1. The van der Waals surface area contributed by atoms with Crippen LogP contribution in [0.5, 0.6) is 0 Å². The fraction of sp³-hybridized carbons (Fsp3) is 0.562. The van der Waals surface area contributed by atoms with Crippen LogP contribution in [0.4, 0.5) is 10.1 Å². The molecule has 0 spiro atoms. The van der Waals surface area contributed by atoms with E-state index in [1.807, 2.05) is 6.92 Å². The molecule has 5 heteroatoms. The maximum absolute atomic E-state index is 14.0. The van der Waals surface area contributed by atoms with Crippen LogP contribution in [0.15, 0.2) is 18.2 Å². The van der Waals surface area contributed by atoms with Crippen LogP contribution in [0, 0.1) is 11.7 Å². The lowest BCUT2D eigenvalue weighted by molar-refractivity contribution is 0.0785. The molecule has 2 N–H and O–H groups in total. The van der Waals surface area contributed by atoms with Gasteiger partial charge in [-0.15, -0.1) is 0 Å². The van der Waals surface area contributed by atoms with Crippen molar-refractivity contribution in [3.8, 4) is 0 Å². The number of carbonyl (C=O) groups excluding carboxylic acids is 1. The van der Waals surface area contributed by atoms with E-state index in [0.717, 1.165) is 12.8 Å². The summed E-state index contributed by atoms with van der Waals surface area (Å²) in [6.07, 6.45) is 2.48. The van der Waals surface area contributed by atoms with Crippen molar-refractivity contribution in [2.75, 3.05) is 31.6 Å². The minimum Gasteiger partial charge on any atom is -0.396 e. The number of hydrogen-bond acceptors (Lipinski definition) is 3. The van der Waals surface area contributed by atoms with E-state index in [-0.39, 0.29) is 18.3 Å². The second-order valence-electron chi connectivity index (χ2n) is 5.51. The summed E-state index contributed by atoms with van der Waals surface area (Å²) < 4.78 is 14.0. The fourth-order valence-electron chi connectivity index (χ4n) is 2.74. The van der Waals surface area contributed by atoms with Crippen molar-refractivity contribution in [2.45, 2.75) is 26.2 Å². The Morgan fingerprint density at radius 1 is 1.52 bits per heavy atom. The predicted molar refractivity (Wildman–Crippen MR) is 80.9 cm³/mol. The van der Waals surface area contributed by atoms with Crippen molar-refractivity contribution in [1.82, 2.24) is 4.90 Å². The molecule has 1 aliphatic rings. The Labute approximate surface area is 125 Å². The van der Waals surface area contributed by atoms with Crippen LogP contribution in [-0.2, 0) is 0 Å². The number of rotatable bonds is 6. The highest BCUT2D eigenvalue weighted by Crippen LogP contribution is 2.26. The molecular formula is C16H23FN2O2. The van der Waals surface area contributed by atoms with Gasteiger partial charge >= 0.3 is 0 Å². The number of amides is 1. The average Bonchev–Trinajstić information content (AvgIpc) is 2.94. The molecule has 4 nitrogen and oxygen atoms in total. The third-order valence-corrected chi connectivity index (χ3v) is 3.91. The number of nitrogens with one attached hydrogen (secondary N) is 1. The van der Waals surface area contributed by atoms with Gasteiger partial charge in [-0.05, 0) is 37.3 Å². The Morgan fingerprint density at radius 3 is 3.05 bits per heavy atom. The molecule has 1 heterocycles. The first kappa shape index (κ1) is 15.8. The Bertz CT molecular complexity index is 493.